The summed E-state index contributed by atoms with van der Waals surface area (Å²) in [6.45, 7) is 8.29. The lowest BCUT2D eigenvalue weighted by Gasteiger charge is -2.25. The van der Waals surface area contributed by atoms with E-state index >= 15 is 0 Å². The molecule has 3 atom stereocenters. The number of hydrogen-bond acceptors (Lipinski definition) is 5. The first-order valence-electron chi connectivity index (χ1n) is 8.31. The molecule has 0 rings (SSSR count). The van der Waals surface area contributed by atoms with Crippen molar-refractivity contribution in [1.82, 2.24) is 16.0 Å². The Morgan fingerprint density at radius 2 is 1.48 bits per heavy atom. The van der Waals surface area contributed by atoms with Crippen LogP contribution >= 0.6 is 0 Å². The lowest BCUT2D eigenvalue weighted by molar-refractivity contribution is -0.138. The fraction of sp³-hybridized carbons (Fsp3) is 0.750. The predicted molar refractivity (Wildman–Crippen MR) is 92.4 cm³/mol. The minimum Gasteiger partial charge on any atom is -0.480 e. The molecule has 144 valence electrons. The summed E-state index contributed by atoms with van der Waals surface area (Å²) in [6.07, 6.45) is 0.492. The Morgan fingerprint density at radius 3 is 1.92 bits per heavy atom. The van der Waals surface area contributed by atoms with Crippen LogP contribution in [0.15, 0.2) is 0 Å². The zero-order valence-corrected chi connectivity index (χ0v) is 15.5. The SMILES string of the molecule is CC(C)CC(N)C(=O)NC(C(=O)NC(C)C(=O)NCC(=O)O)C(C)C. The van der Waals surface area contributed by atoms with E-state index in [-0.39, 0.29) is 11.8 Å². The Kier molecular flexibility index (Phi) is 9.73. The molecule has 0 fully saturated rings. The van der Waals surface area contributed by atoms with Crippen molar-refractivity contribution < 1.29 is 24.3 Å². The molecule has 0 spiro atoms. The van der Waals surface area contributed by atoms with Crippen LogP contribution in [0.3, 0.4) is 0 Å². The number of aliphatic carboxylic acids is 1. The monoisotopic (exact) mass is 358 g/mol. The first-order valence-corrected chi connectivity index (χ1v) is 8.31. The molecule has 0 aliphatic heterocycles. The Morgan fingerprint density at radius 1 is 0.920 bits per heavy atom. The zero-order chi connectivity index (χ0) is 19.7. The van der Waals surface area contributed by atoms with Crippen molar-refractivity contribution in [3.8, 4) is 0 Å². The van der Waals surface area contributed by atoms with Gasteiger partial charge < -0.3 is 26.8 Å². The highest BCUT2D eigenvalue weighted by atomic mass is 16.4. The summed E-state index contributed by atoms with van der Waals surface area (Å²) in [6, 6.07) is -2.50. The minimum atomic E-state index is -1.18. The van der Waals surface area contributed by atoms with Gasteiger partial charge in [0.2, 0.25) is 17.7 Å². The lowest BCUT2D eigenvalue weighted by atomic mass is 10.0. The van der Waals surface area contributed by atoms with E-state index in [2.05, 4.69) is 16.0 Å². The Balaban J connectivity index is 4.76. The van der Waals surface area contributed by atoms with Gasteiger partial charge in [0.15, 0.2) is 0 Å². The van der Waals surface area contributed by atoms with E-state index in [0.29, 0.717) is 6.42 Å². The molecular weight excluding hydrogens is 328 g/mol. The molecule has 0 aromatic rings. The fourth-order valence-corrected chi connectivity index (χ4v) is 2.09. The highest BCUT2D eigenvalue weighted by Gasteiger charge is 2.28. The van der Waals surface area contributed by atoms with Crippen LogP contribution in [0, 0.1) is 11.8 Å². The number of hydrogen-bond donors (Lipinski definition) is 5. The van der Waals surface area contributed by atoms with Crippen LogP contribution in [0.5, 0.6) is 0 Å². The zero-order valence-electron chi connectivity index (χ0n) is 15.5. The van der Waals surface area contributed by atoms with E-state index in [0.717, 1.165) is 0 Å². The van der Waals surface area contributed by atoms with Gasteiger partial charge in [0, 0.05) is 0 Å². The molecule has 0 aliphatic carbocycles. The highest BCUT2D eigenvalue weighted by molar-refractivity contribution is 5.93. The molecule has 25 heavy (non-hydrogen) atoms. The van der Waals surface area contributed by atoms with Crippen LogP contribution in [0.2, 0.25) is 0 Å². The third kappa shape index (κ3) is 9.04. The molecule has 0 saturated carbocycles. The molecule has 0 aromatic heterocycles. The van der Waals surface area contributed by atoms with Crippen molar-refractivity contribution in [3.05, 3.63) is 0 Å². The van der Waals surface area contributed by atoms with Crippen LogP contribution < -0.4 is 21.7 Å². The summed E-state index contributed by atoms with van der Waals surface area (Å²) in [7, 11) is 0. The number of nitrogens with one attached hydrogen (secondary N) is 3. The van der Waals surface area contributed by atoms with Gasteiger partial charge in [-0.1, -0.05) is 27.7 Å². The third-order valence-corrected chi connectivity index (χ3v) is 3.47. The van der Waals surface area contributed by atoms with E-state index in [9.17, 15) is 19.2 Å². The van der Waals surface area contributed by atoms with Crippen molar-refractivity contribution in [2.75, 3.05) is 6.54 Å². The summed E-state index contributed by atoms with van der Waals surface area (Å²) in [5, 5.41) is 15.8. The van der Waals surface area contributed by atoms with Crippen LogP contribution in [0.1, 0.15) is 41.0 Å². The van der Waals surface area contributed by atoms with Gasteiger partial charge in [0.05, 0.1) is 6.04 Å². The predicted octanol–water partition coefficient (Wildman–Crippen LogP) is -0.794. The minimum absolute atomic E-state index is 0.218. The summed E-state index contributed by atoms with van der Waals surface area (Å²) in [5.41, 5.74) is 5.82. The molecule has 9 heteroatoms. The third-order valence-electron chi connectivity index (χ3n) is 3.47. The second-order valence-corrected chi connectivity index (χ2v) is 6.81. The Bertz CT molecular complexity index is 493. The van der Waals surface area contributed by atoms with Crippen molar-refractivity contribution in [1.29, 1.82) is 0 Å². The van der Waals surface area contributed by atoms with Crippen LogP contribution in [-0.4, -0.2) is 53.5 Å². The average Bonchev–Trinajstić information content (AvgIpc) is 2.48. The van der Waals surface area contributed by atoms with Gasteiger partial charge in [-0.25, -0.2) is 0 Å². The van der Waals surface area contributed by atoms with Gasteiger partial charge >= 0.3 is 5.97 Å². The first kappa shape index (κ1) is 22.8. The van der Waals surface area contributed by atoms with Crippen LogP contribution in [-0.2, 0) is 19.2 Å². The van der Waals surface area contributed by atoms with E-state index in [1.807, 2.05) is 13.8 Å². The van der Waals surface area contributed by atoms with Gasteiger partial charge in [-0.15, -0.1) is 0 Å². The van der Waals surface area contributed by atoms with Gasteiger partial charge in [-0.05, 0) is 25.2 Å². The van der Waals surface area contributed by atoms with E-state index in [1.165, 1.54) is 6.92 Å². The van der Waals surface area contributed by atoms with Gasteiger partial charge in [-0.2, -0.15) is 0 Å². The molecule has 9 nitrogen and oxygen atoms in total. The van der Waals surface area contributed by atoms with Gasteiger partial charge in [-0.3, -0.25) is 19.2 Å². The molecule has 0 radical (unpaired) electrons. The number of carboxylic acids is 1. The van der Waals surface area contributed by atoms with Crippen molar-refractivity contribution in [2.24, 2.45) is 17.6 Å². The lowest BCUT2D eigenvalue weighted by Crippen LogP contribution is -2.57. The molecule has 0 aliphatic rings. The number of nitrogens with two attached hydrogens (primary N) is 1. The summed E-state index contributed by atoms with van der Waals surface area (Å²) < 4.78 is 0. The number of carboxylic acid groups (broad SMARTS) is 1. The normalized spacial score (nSPS) is 14.6. The maximum atomic E-state index is 12.4. The van der Waals surface area contributed by atoms with Crippen molar-refractivity contribution in [2.45, 2.75) is 59.2 Å². The molecule has 0 bridgehead atoms. The summed E-state index contributed by atoms with van der Waals surface area (Å²) >= 11 is 0. The summed E-state index contributed by atoms with van der Waals surface area (Å²) in [5.74, 6) is -2.74. The quantitative estimate of drug-likeness (QED) is 0.345. The standard InChI is InChI=1S/C16H30N4O5/c1-8(2)6-11(17)15(24)20-13(9(3)4)16(25)19-10(5)14(23)18-7-12(21)22/h8-11,13H,6-7,17H2,1-5H3,(H,18,23)(H,19,25)(H,20,24)(H,21,22). The summed E-state index contributed by atoms with van der Waals surface area (Å²) in [4.78, 5) is 46.7. The maximum absolute atomic E-state index is 12.4. The molecule has 0 heterocycles. The van der Waals surface area contributed by atoms with E-state index in [1.54, 1.807) is 13.8 Å². The second-order valence-electron chi connectivity index (χ2n) is 6.81. The number of rotatable bonds is 10. The number of carbonyl (C=O) groups is 4. The Labute approximate surface area is 148 Å². The molecule has 6 N–H and O–H groups in total. The van der Waals surface area contributed by atoms with Crippen LogP contribution in [0.4, 0.5) is 0 Å². The molecular formula is C16H30N4O5. The molecule has 3 unspecified atom stereocenters. The molecule has 0 aromatic carbocycles. The van der Waals surface area contributed by atoms with Crippen molar-refractivity contribution in [3.63, 3.8) is 0 Å². The Hall–Kier alpha value is -2.16. The van der Waals surface area contributed by atoms with Crippen molar-refractivity contribution >= 4 is 23.7 Å². The van der Waals surface area contributed by atoms with E-state index < -0.39 is 48.4 Å². The fourth-order valence-electron chi connectivity index (χ4n) is 2.09. The first-order chi connectivity index (χ1) is 11.5. The molecule has 0 saturated heterocycles. The smallest absolute Gasteiger partial charge is 0.322 e. The molecule has 3 amide bonds. The average molecular weight is 358 g/mol. The largest absolute Gasteiger partial charge is 0.480 e. The van der Waals surface area contributed by atoms with E-state index in [4.69, 9.17) is 10.8 Å². The highest BCUT2D eigenvalue weighted by Crippen LogP contribution is 2.06. The number of amides is 3. The van der Waals surface area contributed by atoms with Gasteiger partial charge in [0.1, 0.15) is 18.6 Å². The topological polar surface area (TPSA) is 151 Å². The second kappa shape index (κ2) is 10.7. The van der Waals surface area contributed by atoms with Gasteiger partial charge in [0.25, 0.3) is 0 Å². The maximum Gasteiger partial charge on any atom is 0.322 e. The van der Waals surface area contributed by atoms with Crippen LogP contribution in [0.25, 0.3) is 0 Å². The number of carbonyl (C=O) groups excluding carboxylic acids is 3.